The number of nitrogens with zero attached hydrogens (tertiary/aromatic N) is 1. The summed E-state index contributed by atoms with van der Waals surface area (Å²) in [6.07, 6.45) is 1.78. The first-order valence-electron chi connectivity index (χ1n) is 8.89. The van der Waals surface area contributed by atoms with Crippen LogP contribution in [0.1, 0.15) is 17.5 Å². The minimum Gasteiger partial charge on any atom is -0.491 e. The molecule has 5 heteroatoms. The first kappa shape index (κ1) is 20.2. The van der Waals surface area contributed by atoms with Gasteiger partial charge in [0, 0.05) is 6.54 Å². The molecule has 1 N–H and O–H groups in total. The Hall–Kier alpha value is -2.11. The van der Waals surface area contributed by atoms with E-state index in [1.54, 1.807) is 6.07 Å². The first-order valence-corrected chi connectivity index (χ1v) is 8.89. The lowest BCUT2D eigenvalue weighted by Gasteiger charge is -2.17. The third-order valence-corrected chi connectivity index (χ3v) is 4.12. The fourth-order valence-electron chi connectivity index (χ4n) is 2.66. The number of aryl methyl sites for hydroxylation is 2. The van der Waals surface area contributed by atoms with Crippen LogP contribution in [-0.4, -0.2) is 50.2 Å². The fourth-order valence-corrected chi connectivity index (χ4v) is 2.66. The molecule has 0 unspecified atom stereocenters. The number of hydrogen-bond acceptors (Lipinski definition) is 4. The SMILES string of the molecule is CN(C)CC[C@@H](O)COc1ccccc1CCc1cccc(OCF)c1. The lowest BCUT2D eigenvalue weighted by Crippen LogP contribution is -2.24. The zero-order valence-corrected chi connectivity index (χ0v) is 15.5. The second-order valence-electron chi connectivity index (χ2n) is 6.57. The number of para-hydroxylation sites is 1. The van der Waals surface area contributed by atoms with E-state index in [1.807, 2.05) is 61.5 Å². The van der Waals surface area contributed by atoms with Crippen LogP contribution in [0.25, 0.3) is 0 Å². The monoisotopic (exact) mass is 361 g/mol. The number of halogens is 1. The summed E-state index contributed by atoms with van der Waals surface area (Å²) in [7, 11) is 3.97. The van der Waals surface area contributed by atoms with Gasteiger partial charge in [0.05, 0.1) is 6.10 Å². The number of alkyl halides is 1. The minimum absolute atomic E-state index is 0.282. The number of ether oxygens (including phenoxy) is 2. The van der Waals surface area contributed by atoms with Crippen LogP contribution < -0.4 is 9.47 Å². The van der Waals surface area contributed by atoms with Gasteiger partial charge in [-0.2, -0.15) is 0 Å². The summed E-state index contributed by atoms with van der Waals surface area (Å²) in [5, 5.41) is 10.0. The quantitative estimate of drug-likeness (QED) is 0.665. The molecule has 0 saturated carbocycles. The third kappa shape index (κ3) is 7.02. The average Bonchev–Trinajstić information content (AvgIpc) is 2.64. The number of aliphatic hydroxyl groups excluding tert-OH is 1. The van der Waals surface area contributed by atoms with Crippen LogP contribution >= 0.6 is 0 Å². The van der Waals surface area contributed by atoms with Crippen molar-refractivity contribution in [1.82, 2.24) is 4.90 Å². The van der Waals surface area contributed by atoms with E-state index in [0.29, 0.717) is 12.2 Å². The van der Waals surface area contributed by atoms with Crippen molar-refractivity contribution in [3.05, 3.63) is 59.7 Å². The molecule has 2 aromatic carbocycles. The van der Waals surface area contributed by atoms with Crippen LogP contribution in [0.4, 0.5) is 4.39 Å². The summed E-state index contributed by atoms with van der Waals surface area (Å²) < 4.78 is 23.0. The summed E-state index contributed by atoms with van der Waals surface area (Å²) in [5.41, 5.74) is 2.17. The predicted octanol–water partition coefficient (Wildman–Crippen LogP) is 3.47. The Balaban J connectivity index is 1.91. The Bertz CT molecular complexity index is 663. The maximum Gasteiger partial charge on any atom is 0.228 e. The number of benzene rings is 2. The molecule has 0 aliphatic heterocycles. The van der Waals surface area contributed by atoms with Gasteiger partial charge in [-0.3, -0.25) is 0 Å². The Labute approximate surface area is 155 Å². The predicted molar refractivity (Wildman–Crippen MR) is 102 cm³/mol. The van der Waals surface area contributed by atoms with Gasteiger partial charge in [-0.05, 0) is 62.7 Å². The van der Waals surface area contributed by atoms with Gasteiger partial charge in [0.1, 0.15) is 18.1 Å². The summed E-state index contributed by atoms with van der Waals surface area (Å²) in [4.78, 5) is 2.04. The Morgan fingerprint density at radius 3 is 2.62 bits per heavy atom. The van der Waals surface area contributed by atoms with Crippen LogP contribution in [0, 0.1) is 0 Å². The second kappa shape index (κ2) is 10.8. The summed E-state index contributed by atoms with van der Waals surface area (Å²) >= 11 is 0. The molecule has 0 radical (unpaired) electrons. The van der Waals surface area contributed by atoms with Crippen molar-refractivity contribution in [1.29, 1.82) is 0 Å². The number of rotatable bonds is 11. The molecule has 26 heavy (non-hydrogen) atoms. The zero-order valence-electron chi connectivity index (χ0n) is 15.5. The Morgan fingerprint density at radius 2 is 1.85 bits per heavy atom. The largest absolute Gasteiger partial charge is 0.491 e. The molecule has 0 fully saturated rings. The van der Waals surface area contributed by atoms with Gasteiger partial charge in [-0.1, -0.05) is 30.3 Å². The lowest BCUT2D eigenvalue weighted by molar-refractivity contribution is 0.0925. The van der Waals surface area contributed by atoms with Crippen molar-refractivity contribution >= 4 is 0 Å². The van der Waals surface area contributed by atoms with E-state index < -0.39 is 13.0 Å². The molecule has 0 aliphatic rings. The van der Waals surface area contributed by atoms with Crippen molar-refractivity contribution < 1.29 is 19.0 Å². The van der Waals surface area contributed by atoms with Crippen LogP contribution in [0.3, 0.4) is 0 Å². The molecule has 0 aromatic heterocycles. The van der Waals surface area contributed by atoms with Crippen molar-refractivity contribution in [2.24, 2.45) is 0 Å². The molecule has 4 nitrogen and oxygen atoms in total. The van der Waals surface area contributed by atoms with Crippen molar-refractivity contribution in [2.75, 3.05) is 34.1 Å². The van der Waals surface area contributed by atoms with E-state index in [-0.39, 0.29) is 6.61 Å². The molecule has 0 saturated heterocycles. The van der Waals surface area contributed by atoms with Gasteiger partial charge < -0.3 is 19.5 Å². The van der Waals surface area contributed by atoms with E-state index >= 15 is 0 Å². The average molecular weight is 361 g/mol. The smallest absolute Gasteiger partial charge is 0.228 e. The topological polar surface area (TPSA) is 41.9 Å². The minimum atomic E-state index is -0.823. The molecule has 2 aromatic rings. The molecule has 1 atom stereocenters. The van der Waals surface area contributed by atoms with E-state index in [4.69, 9.17) is 9.47 Å². The molecule has 2 rings (SSSR count). The van der Waals surface area contributed by atoms with E-state index in [0.717, 1.165) is 36.3 Å². The molecule has 0 bridgehead atoms. The number of aliphatic hydroxyl groups is 1. The zero-order chi connectivity index (χ0) is 18.8. The fraction of sp³-hybridized carbons (Fsp3) is 0.429. The van der Waals surface area contributed by atoms with Crippen LogP contribution in [0.2, 0.25) is 0 Å². The maximum atomic E-state index is 12.3. The van der Waals surface area contributed by atoms with Crippen molar-refractivity contribution in [3.63, 3.8) is 0 Å². The molecule has 0 aliphatic carbocycles. The highest BCUT2D eigenvalue weighted by Gasteiger charge is 2.09. The third-order valence-electron chi connectivity index (χ3n) is 4.12. The molecule has 0 amide bonds. The standard InChI is InChI=1S/C21H28FNO3/c1-23(2)13-12-19(24)15-25-21-9-4-3-7-18(21)11-10-17-6-5-8-20(14-17)26-16-22/h3-9,14,19,24H,10-13,15-16H2,1-2H3/t19-/m1/s1. The van der Waals surface area contributed by atoms with Gasteiger partial charge >= 0.3 is 0 Å². The molecular weight excluding hydrogens is 333 g/mol. The molecular formula is C21H28FNO3. The van der Waals surface area contributed by atoms with Crippen LogP contribution in [0.15, 0.2) is 48.5 Å². The lowest BCUT2D eigenvalue weighted by atomic mass is 10.0. The van der Waals surface area contributed by atoms with Gasteiger partial charge in [-0.15, -0.1) is 0 Å². The summed E-state index contributed by atoms with van der Waals surface area (Å²) in [6, 6.07) is 15.3. The Kier molecular flexibility index (Phi) is 8.38. The summed E-state index contributed by atoms with van der Waals surface area (Å²) in [5.74, 6) is 1.34. The van der Waals surface area contributed by atoms with Crippen molar-refractivity contribution in [2.45, 2.75) is 25.4 Å². The van der Waals surface area contributed by atoms with Gasteiger partial charge in [0.15, 0.2) is 0 Å². The van der Waals surface area contributed by atoms with Gasteiger partial charge in [-0.25, -0.2) is 4.39 Å². The maximum absolute atomic E-state index is 12.3. The van der Waals surface area contributed by atoms with Crippen LogP contribution in [-0.2, 0) is 12.8 Å². The van der Waals surface area contributed by atoms with E-state index in [2.05, 4.69) is 0 Å². The second-order valence-corrected chi connectivity index (χ2v) is 6.57. The molecule has 0 heterocycles. The van der Waals surface area contributed by atoms with E-state index in [9.17, 15) is 9.50 Å². The van der Waals surface area contributed by atoms with Gasteiger partial charge in [0.2, 0.25) is 6.86 Å². The van der Waals surface area contributed by atoms with E-state index in [1.165, 1.54) is 0 Å². The Morgan fingerprint density at radius 1 is 1.04 bits per heavy atom. The molecule has 142 valence electrons. The highest BCUT2D eigenvalue weighted by molar-refractivity contribution is 5.35. The van der Waals surface area contributed by atoms with Gasteiger partial charge in [0.25, 0.3) is 0 Å². The first-order chi connectivity index (χ1) is 12.6. The normalized spacial score (nSPS) is 12.2. The highest BCUT2D eigenvalue weighted by atomic mass is 19.1. The highest BCUT2D eigenvalue weighted by Crippen LogP contribution is 2.22. The summed E-state index contributed by atoms with van der Waals surface area (Å²) in [6.45, 7) is 0.282. The number of hydrogen-bond donors (Lipinski definition) is 1. The van der Waals surface area contributed by atoms with Crippen LogP contribution in [0.5, 0.6) is 11.5 Å². The molecule has 0 spiro atoms. The van der Waals surface area contributed by atoms with Crippen molar-refractivity contribution in [3.8, 4) is 11.5 Å².